The van der Waals surface area contributed by atoms with E-state index in [2.05, 4.69) is 31.8 Å². The fraction of sp³-hybridized carbons (Fsp3) is 0.667. The summed E-state index contributed by atoms with van der Waals surface area (Å²) in [7, 11) is 0. The zero-order chi connectivity index (χ0) is 16.3. The monoisotopic (exact) mass is 291 g/mol. The van der Waals surface area contributed by atoms with Crippen molar-refractivity contribution in [2.45, 2.75) is 60.3 Å². The molecule has 0 spiro atoms. The van der Waals surface area contributed by atoms with Crippen LogP contribution >= 0.6 is 0 Å². The molecule has 1 rings (SSSR count). The number of nitrogens with zero attached hydrogens (tertiary/aromatic N) is 1. The van der Waals surface area contributed by atoms with Crippen molar-refractivity contribution >= 4 is 5.97 Å². The van der Waals surface area contributed by atoms with Gasteiger partial charge in [0.15, 0.2) is 0 Å². The van der Waals surface area contributed by atoms with Crippen LogP contribution in [0.2, 0.25) is 0 Å². The highest BCUT2D eigenvalue weighted by Crippen LogP contribution is 2.25. The average Bonchev–Trinajstić information content (AvgIpc) is 2.34. The summed E-state index contributed by atoms with van der Waals surface area (Å²) in [6, 6.07) is 4.11. The van der Waals surface area contributed by atoms with Crippen LogP contribution in [0.15, 0.2) is 18.3 Å². The van der Waals surface area contributed by atoms with Crippen molar-refractivity contribution in [3.8, 4) is 0 Å². The fourth-order valence-electron chi connectivity index (χ4n) is 1.99. The van der Waals surface area contributed by atoms with Crippen LogP contribution in [0.1, 0.15) is 59.7 Å². The minimum Gasteiger partial charge on any atom is -0.465 e. The molecular weight excluding hydrogens is 262 g/mol. The molecule has 0 amide bonds. The van der Waals surface area contributed by atoms with Crippen molar-refractivity contribution in [2.75, 3.05) is 6.61 Å². The maximum Gasteiger partial charge on any atom is 0.311 e. The van der Waals surface area contributed by atoms with Gasteiger partial charge in [-0.2, -0.15) is 0 Å². The van der Waals surface area contributed by atoms with Crippen LogP contribution in [-0.2, 0) is 21.4 Å². The number of carbonyl (C=O) groups excluding carboxylic acids is 1. The Morgan fingerprint density at radius 1 is 1.19 bits per heavy atom. The van der Waals surface area contributed by atoms with Gasteiger partial charge in [-0.15, -0.1) is 0 Å². The summed E-state index contributed by atoms with van der Waals surface area (Å²) in [5.41, 5.74) is 1.64. The molecule has 118 valence electrons. The Hall–Kier alpha value is -1.38. The molecule has 3 nitrogen and oxygen atoms in total. The Bertz CT molecular complexity index is 467. The van der Waals surface area contributed by atoms with Crippen LogP contribution < -0.4 is 0 Å². The predicted octanol–water partition coefficient (Wildman–Crippen LogP) is 4.15. The van der Waals surface area contributed by atoms with Crippen LogP contribution in [0.25, 0.3) is 0 Å². The summed E-state index contributed by atoms with van der Waals surface area (Å²) >= 11 is 0. The predicted molar refractivity (Wildman–Crippen MR) is 86.2 cm³/mol. The average molecular weight is 291 g/mol. The van der Waals surface area contributed by atoms with E-state index in [1.54, 1.807) is 0 Å². The number of pyridine rings is 1. The van der Waals surface area contributed by atoms with Gasteiger partial charge >= 0.3 is 5.97 Å². The zero-order valence-electron chi connectivity index (χ0n) is 14.5. The number of carbonyl (C=O) groups is 1. The molecule has 0 aliphatic heterocycles. The lowest BCUT2D eigenvalue weighted by atomic mass is 9.85. The molecule has 0 aliphatic carbocycles. The van der Waals surface area contributed by atoms with E-state index in [-0.39, 0.29) is 11.4 Å². The standard InChI is InChI=1S/C18H29NO2/c1-13(2)12-21-16(20)18(6,7)10-14-8-9-15(19-11-14)17(3,4)5/h8-9,11,13H,10,12H2,1-7H3. The Labute approximate surface area is 129 Å². The van der Waals surface area contributed by atoms with Crippen LogP contribution in [0, 0.1) is 11.3 Å². The van der Waals surface area contributed by atoms with Crippen LogP contribution in [-0.4, -0.2) is 17.6 Å². The minimum absolute atomic E-state index is 0.0459. The van der Waals surface area contributed by atoms with Crippen LogP contribution in [0.5, 0.6) is 0 Å². The van der Waals surface area contributed by atoms with Gasteiger partial charge < -0.3 is 4.74 Å². The summed E-state index contributed by atoms with van der Waals surface area (Å²) in [6.45, 7) is 14.8. The summed E-state index contributed by atoms with van der Waals surface area (Å²) in [4.78, 5) is 16.7. The Morgan fingerprint density at radius 2 is 1.81 bits per heavy atom. The van der Waals surface area contributed by atoms with E-state index in [9.17, 15) is 4.79 Å². The molecular formula is C18H29NO2. The van der Waals surface area contributed by atoms with E-state index < -0.39 is 5.41 Å². The van der Waals surface area contributed by atoms with Crippen molar-refractivity contribution in [1.82, 2.24) is 4.98 Å². The van der Waals surface area contributed by atoms with Gasteiger partial charge in [-0.05, 0) is 37.8 Å². The lowest BCUT2D eigenvalue weighted by molar-refractivity contribution is -0.155. The van der Waals surface area contributed by atoms with Gasteiger partial charge in [0, 0.05) is 17.3 Å². The SMILES string of the molecule is CC(C)COC(=O)C(C)(C)Cc1ccc(C(C)(C)C)nc1. The lowest BCUT2D eigenvalue weighted by Crippen LogP contribution is -2.30. The molecule has 0 N–H and O–H groups in total. The van der Waals surface area contributed by atoms with Gasteiger partial charge in [-0.25, -0.2) is 0 Å². The molecule has 3 heteroatoms. The molecule has 0 fully saturated rings. The van der Waals surface area contributed by atoms with E-state index in [1.165, 1.54) is 0 Å². The summed E-state index contributed by atoms with van der Waals surface area (Å²) < 4.78 is 5.36. The van der Waals surface area contributed by atoms with Crippen molar-refractivity contribution in [3.05, 3.63) is 29.6 Å². The second kappa shape index (κ2) is 6.59. The zero-order valence-corrected chi connectivity index (χ0v) is 14.5. The van der Waals surface area contributed by atoms with Crippen molar-refractivity contribution < 1.29 is 9.53 Å². The molecule has 0 atom stereocenters. The number of esters is 1. The maximum absolute atomic E-state index is 12.2. The number of hydrogen-bond donors (Lipinski definition) is 0. The van der Waals surface area contributed by atoms with Crippen molar-refractivity contribution in [1.29, 1.82) is 0 Å². The smallest absolute Gasteiger partial charge is 0.311 e. The van der Waals surface area contributed by atoms with Gasteiger partial charge in [0.2, 0.25) is 0 Å². The van der Waals surface area contributed by atoms with Crippen LogP contribution in [0.3, 0.4) is 0 Å². The first kappa shape index (κ1) is 17.7. The Kier molecular flexibility index (Phi) is 5.54. The first-order chi connectivity index (χ1) is 9.52. The third-order valence-corrected chi connectivity index (χ3v) is 3.34. The van der Waals surface area contributed by atoms with Gasteiger partial charge in [-0.3, -0.25) is 9.78 Å². The van der Waals surface area contributed by atoms with E-state index in [4.69, 9.17) is 4.74 Å². The Morgan fingerprint density at radius 3 is 2.24 bits per heavy atom. The molecule has 1 aromatic heterocycles. The topological polar surface area (TPSA) is 39.2 Å². The third kappa shape index (κ3) is 5.49. The lowest BCUT2D eigenvalue weighted by Gasteiger charge is -2.24. The fourth-order valence-corrected chi connectivity index (χ4v) is 1.99. The molecule has 0 aromatic carbocycles. The highest BCUT2D eigenvalue weighted by Gasteiger charge is 2.30. The van der Waals surface area contributed by atoms with Crippen LogP contribution in [0.4, 0.5) is 0 Å². The largest absolute Gasteiger partial charge is 0.465 e. The first-order valence-corrected chi connectivity index (χ1v) is 7.65. The molecule has 1 heterocycles. The van der Waals surface area contributed by atoms with E-state index >= 15 is 0 Å². The summed E-state index contributed by atoms with van der Waals surface area (Å²) in [6.07, 6.45) is 2.51. The second-order valence-electron chi connectivity index (χ2n) is 7.85. The van der Waals surface area contributed by atoms with Gasteiger partial charge in [0.1, 0.15) is 0 Å². The van der Waals surface area contributed by atoms with E-state index in [0.29, 0.717) is 18.9 Å². The molecule has 0 saturated carbocycles. The number of rotatable bonds is 5. The van der Waals surface area contributed by atoms with Crippen molar-refractivity contribution in [2.24, 2.45) is 11.3 Å². The first-order valence-electron chi connectivity index (χ1n) is 7.65. The molecule has 0 saturated heterocycles. The van der Waals surface area contributed by atoms with E-state index in [0.717, 1.165) is 11.3 Å². The summed E-state index contributed by atoms with van der Waals surface area (Å²) in [5, 5.41) is 0. The van der Waals surface area contributed by atoms with Gasteiger partial charge in [0.25, 0.3) is 0 Å². The number of hydrogen-bond acceptors (Lipinski definition) is 3. The third-order valence-electron chi connectivity index (χ3n) is 3.34. The molecule has 1 aromatic rings. The second-order valence-corrected chi connectivity index (χ2v) is 7.85. The highest BCUT2D eigenvalue weighted by molar-refractivity contribution is 5.76. The molecule has 0 aliphatic rings. The maximum atomic E-state index is 12.2. The summed E-state index contributed by atoms with van der Waals surface area (Å²) in [5.74, 6) is 0.216. The molecule has 0 radical (unpaired) electrons. The minimum atomic E-state index is -0.528. The van der Waals surface area contributed by atoms with Gasteiger partial charge in [0.05, 0.1) is 12.0 Å². The van der Waals surface area contributed by atoms with E-state index in [1.807, 2.05) is 40.0 Å². The Balaban J connectivity index is 2.73. The highest BCUT2D eigenvalue weighted by atomic mass is 16.5. The van der Waals surface area contributed by atoms with Crippen molar-refractivity contribution in [3.63, 3.8) is 0 Å². The molecule has 21 heavy (non-hydrogen) atoms. The quantitative estimate of drug-likeness (QED) is 0.765. The normalized spacial score (nSPS) is 12.6. The number of ether oxygens (including phenoxy) is 1. The number of aromatic nitrogens is 1. The molecule has 0 bridgehead atoms. The van der Waals surface area contributed by atoms with Gasteiger partial charge in [-0.1, -0.05) is 40.7 Å². The molecule has 0 unspecified atom stereocenters.